The summed E-state index contributed by atoms with van der Waals surface area (Å²) in [4.78, 5) is 12.4. The number of rotatable bonds is 8. The molecular weight excluding hydrogens is 320 g/mol. The average Bonchev–Trinajstić information content (AvgIpc) is 2.61. The van der Waals surface area contributed by atoms with Gasteiger partial charge in [0.15, 0.2) is 0 Å². The summed E-state index contributed by atoms with van der Waals surface area (Å²) in [5.41, 5.74) is 8.64. The van der Waals surface area contributed by atoms with Crippen molar-refractivity contribution in [3.05, 3.63) is 71.3 Å². The van der Waals surface area contributed by atoms with Crippen molar-refractivity contribution < 1.29 is 4.79 Å². The van der Waals surface area contributed by atoms with E-state index in [0.29, 0.717) is 12.1 Å². The summed E-state index contributed by atoms with van der Waals surface area (Å²) in [5.74, 6) is 0.0000770. The van der Waals surface area contributed by atoms with Gasteiger partial charge in [-0.1, -0.05) is 55.8 Å². The van der Waals surface area contributed by atoms with E-state index in [9.17, 15) is 4.79 Å². The molecule has 0 spiro atoms. The molecule has 3 N–H and O–H groups in total. The predicted octanol–water partition coefficient (Wildman–Crippen LogP) is 4.10. The molecule has 0 bridgehead atoms. The summed E-state index contributed by atoms with van der Waals surface area (Å²) in [6.07, 6.45) is 4.01. The minimum atomic E-state index is 0. The van der Waals surface area contributed by atoms with Crippen molar-refractivity contribution in [2.24, 2.45) is 5.73 Å². The first-order chi connectivity index (χ1) is 11.2. The number of amides is 1. The van der Waals surface area contributed by atoms with E-state index in [1.54, 1.807) is 0 Å². The highest BCUT2D eigenvalue weighted by molar-refractivity contribution is 5.94. The SMILES string of the molecule is CCCC(CCc1ccccc1)NC(=O)c1ccc(CN)cc1.Cl. The second kappa shape index (κ2) is 10.8. The van der Waals surface area contributed by atoms with E-state index in [1.165, 1.54) is 5.56 Å². The molecule has 2 aromatic carbocycles. The molecule has 1 atom stereocenters. The molecule has 0 aliphatic carbocycles. The van der Waals surface area contributed by atoms with Crippen LogP contribution in [0.25, 0.3) is 0 Å². The fraction of sp³-hybridized carbons (Fsp3) is 0.350. The molecule has 0 aromatic heterocycles. The van der Waals surface area contributed by atoms with Gasteiger partial charge in [-0.15, -0.1) is 12.4 Å². The van der Waals surface area contributed by atoms with Crippen LogP contribution in [0.1, 0.15) is 47.7 Å². The molecule has 0 saturated carbocycles. The maximum absolute atomic E-state index is 12.4. The summed E-state index contributed by atoms with van der Waals surface area (Å²) in [5, 5.41) is 3.17. The molecule has 0 aliphatic heterocycles. The summed E-state index contributed by atoms with van der Waals surface area (Å²) in [6, 6.07) is 18.1. The second-order valence-corrected chi connectivity index (χ2v) is 5.88. The third-order valence-corrected chi connectivity index (χ3v) is 4.05. The molecule has 24 heavy (non-hydrogen) atoms. The normalized spacial score (nSPS) is 11.4. The molecular formula is C20H27ClN2O. The van der Waals surface area contributed by atoms with Crippen LogP contribution in [-0.4, -0.2) is 11.9 Å². The minimum Gasteiger partial charge on any atom is -0.349 e. The molecule has 2 rings (SSSR count). The first-order valence-electron chi connectivity index (χ1n) is 8.36. The average molecular weight is 347 g/mol. The number of benzene rings is 2. The van der Waals surface area contributed by atoms with Crippen LogP contribution in [0.4, 0.5) is 0 Å². The number of halogens is 1. The van der Waals surface area contributed by atoms with E-state index in [1.807, 2.05) is 30.3 Å². The van der Waals surface area contributed by atoms with Gasteiger partial charge >= 0.3 is 0 Å². The smallest absolute Gasteiger partial charge is 0.251 e. The van der Waals surface area contributed by atoms with Crippen molar-refractivity contribution in [2.45, 2.75) is 45.2 Å². The van der Waals surface area contributed by atoms with E-state index in [4.69, 9.17) is 5.73 Å². The maximum Gasteiger partial charge on any atom is 0.251 e. The standard InChI is InChI=1S/C20H26N2O.ClH/c1-2-6-19(14-11-16-7-4-3-5-8-16)22-20(23)18-12-9-17(15-21)10-13-18;/h3-5,7-10,12-13,19H,2,6,11,14-15,21H2,1H3,(H,22,23);1H. The number of hydrogen-bond donors (Lipinski definition) is 2. The van der Waals surface area contributed by atoms with Gasteiger partial charge in [0, 0.05) is 18.2 Å². The number of aryl methyl sites for hydroxylation is 1. The van der Waals surface area contributed by atoms with Crippen molar-refractivity contribution in [3.8, 4) is 0 Å². The third kappa shape index (κ3) is 6.34. The quantitative estimate of drug-likeness (QED) is 0.756. The summed E-state index contributed by atoms with van der Waals surface area (Å²) < 4.78 is 0. The highest BCUT2D eigenvalue weighted by Crippen LogP contribution is 2.11. The van der Waals surface area contributed by atoms with Crippen molar-refractivity contribution in [1.82, 2.24) is 5.32 Å². The fourth-order valence-corrected chi connectivity index (χ4v) is 2.68. The molecule has 2 aromatic rings. The van der Waals surface area contributed by atoms with E-state index in [2.05, 4.69) is 36.5 Å². The van der Waals surface area contributed by atoms with Gasteiger partial charge in [0.1, 0.15) is 0 Å². The van der Waals surface area contributed by atoms with E-state index in [0.717, 1.165) is 31.2 Å². The van der Waals surface area contributed by atoms with Crippen LogP contribution in [0.3, 0.4) is 0 Å². The van der Waals surface area contributed by atoms with Crippen molar-refractivity contribution >= 4 is 18.3 Å². The van der Waals surface area contributed by atoms with Crippen LogP contribution in [0.2, 0.25) is 0 Å². The van der Waals surface area contributed by atoms with Crippen molar-refractivity contribution in [1.29, 1.82) is 0 Å². The van der Waals surface area contributed by atoms with Gasteiger partial charge in [-0.05, 0) is 42.5 Å². The lowest BCUT2D eigenvalue weighted by molar-refractivity contribution is 0.0932. The highest BCUT2D eigenvalue weighted by Gasteiger charge is 2.13. The highest BCUT2D eigenvalue weighted by atomic mass is 35.5. The van der Waals surface area contributed by atoms with Gasteiger partial charge in [-0.25, -0.2) is 0 Å². The van der Waals surface area contributed by atoms with Crippen LogP contribution in [0.15, 0.2) is 54.6 Å². The largest absolute Gasteiger partial charge is 0.349 e. The molecule has 0 heterocycles. The lowest BCUT2D eigenvalue weighted by Gasteiger charge is -2.18. The molecule has 0 aliphatic rings. The Morgan fingerprint density at radius 2 is 1.67 bits per heavy atom. The molecule has 4 heteroatoms. The van der Waals surface area contributed by atoms with Crippen LogP contribution >= 0.6 is 12.4 Å². The van der Waals surface area contributed by atoms with Gasteiger partial charge in [-0.3, -0.25) is 4.79 Å². The number of carbonyl (C=O) groups is 1. The van der Waals surface area contributed by atoms with Crippen molar-refractivity contribution in [3.63, 3.8) is 0 Å². The monoisotopic (exact) mass is 346 g/mol. The molecule has 1 unspecified atom stereocenters. The Hall–Kier alpha value is -1.84. The zero-order chi connectivity index (χ0) is 16.5. The molecule has 1 amide bonds. The van der Waals surface area contributed by atoms with Crippen molar-refractivity contribution in [2.75, 3.05) is 0 Å². The van der Waals surface area contributed by atoms with E-state index in [-0.39, 0.29) is 24.4 Å². The summed E-state index contributed by atoms with van der Waals surface area (Å²) >= 11 is 0. The topological polar surface area (TPSA) is 55.1 Å². The molecule has 0 fully saturated rings. The number of nitrogens with two attached hydrogens (primary N) is 1. The Balaban J connectivity index is 0.00000288. The maximum atomic E-state index is 12.4. The van der Waals surface area contributed by atoms with Gasteiger partial charge < -0.3 is 11.1 Å². The van der Waals surface area contributed by atoms with Crippen LogP contribution < -0.4 is 11.1 Å². The van der Waals surface area contributed by atoms with Gasteiger partial charge in [-0.2, -0.15) is 0 Å². The molecule has 0 radical (unpaired) electrons. The zero-order valence-corrected chi connectivity index (χ0v) is 15.0. The van der Waals surface area contributed by atoms with Crippen LogP contribution in [0.5, 0.6) is 0 Å². The molecule has 3 nitrogen and oxygen atoms in total. The summed E-state index contributed by atoms with van der Waals surface area (Å²) in [7, 11) is 0. The lowest BCUT2D eigenvalue weighted by atomic mass is 10.0. The van der Waals surface area contributed by atoms with Gasteiger partial charge in [0.2, 0.25) is 0 Å². The molecule has 0 saturated heterocycles. The Morgan fingerprint density at radius 1 is 1.00 bits per heavy atom. The first kappa shape index (κ1) is 20.2. The van der Waals surface area contributed by atoms with Crippen LogP contribution in [0, 0.1) is 0 Å². The van der Waals surface area contributed by atoms with E-state index >= 15 is 0 Å². The Labute approximate surface area is 151 Å². The third-order valence-electron chi connectivity index (χ3n) is 4.05. The van der Waals surface area contributed by atoms with Crippen LogP contribution in [-0.2, 0) is 13.0 Å². The van der Waals surface area contributed by atoms with E-state index < -0.39 is 0 Å². The zero-order valence-electron chi connectivity index (χ0n) is 14.2. The number of carbonyl (C=O) groups excluding carboxylic acids is 1. The Kier molecular flexibility index (Phi) is 9.13. The molecule has 130 valence electrons. The summed E-state index contributed by atoms with van der Waals surface area (Å²) in [6.45, 7) is 2.65. The first-order valence-corrected chi connectivity index (χ1v) is 8.36. The predicted molar refractivity (Wildman–Crippen MR) is 103 cm³/mol. The van der Waals surface area contributed by atoms with Gasteiger partial charge in [0.05, 0.1) is 0 Å². The fourth-order valence-electron chi connectivity index (χ4n) is 2.68. The lowest BCUT2D eigenvalue weighted by Crippen LogP contribution is -2.35. The minimum absolute atomic E-state index is 0. The number of nitrogens with one attached hydrogen (secondary N) is 1. The number of hydrogen-bond acceptors (Lipinski definition) is 2. The second-order valence-electron chi connectivity index (χ2n) is 5.88. The Morgan fingerprint density at radius 3 is 2.25 bits per heavy atom. The Bertz CT molecular complexity index is 599. The van der Waals surface area contributed by atoms with Gasteiger partial charge in [0.25, 0.3) is 5.91 Å².